The molecule has 0 aromatic rings. The average Bonchev–Trinajstić information content (AvgIpc) is 2.61. The second-order valence-corrected chi connectivity index (χ2v) is 4.51. The standard InChI is InChI=1S/C9H12INO2/c10-5-8-4-6-3-7(1-2-11)12-9(6)13-8/h6-9H,1,3-5H2/t6-,7-,8-,9+/m1/s1. The van der Waals surface area contributed by atoms with Crippen molar-refractivity contribution in [3.63, 3.8) is 0 Å². The number of nitriles is 1. The van der Waals surface area contributed by atoms with E-state index in [-0.39, 0.29) is 12.4 Å². The van der Waals surface area contributed by atoms with Gasteiger partial charge < -0.3 is 9.47 Å². The van der Waals surface area contributed by atoms with Gasteiger partial charge in [-0.2, -0.15) is 5.26 Å². The van der Waals surface area contributed by atoms with Crippen LogP contribution < -0.4 is 0 Å². The monoisotopic (exact) mass is 293 g/mol. The molecule has 2 aliphatic rings. The molecular formula is C9H12INO2. The number of hydrogen-bond donors (Lipinski definition) is 0. The van der Waals surface area contributed by atoms with E-state index in [9.17, 15) is 0 Å². The highest BCUT2D eigenvalue weighted by Crippen LogP contribution is 2.39. The van der Waals surface area contributed by atoms with Crippen molar-refractivity contribution >= 4 is 22.6 Å². The van der Waals surface area contributed by atoms with Gasteiger partial charge in [-0.1, -0.05) is 22.6 Å². The van der Waals surface area contributed by atoms with Crippen molar-refractivity contribution in [2.45, 2.75) is 37.8 Å². The van der Waals surface area contributed by atoms with Gasteiger partial charge in [-0.3, -0.25) is 0 Å². The van der Waals surface area contributed by atoms with Crippen LogP contribution in [-0.4, -0.2) is 22.9 Å². The third kappa shape index (κ3) is 1.97. The SMILES string of the molecule is N#CC[C@@H]1C[C@@H]2C[C@H](CI)O[C@@H]2O1. The lowest BCUT2D eigenvalue weighted by atomic mass is 10.00. The van der Waals surface area contributed by atoms with E-state index in [0.717, 1.165) is 17.3 Å². The van der Waals surface area contributed by atoms with E-state index >= 15 is 0 Å². The van der Waals surface area contributed by atoms with Crippen molar-refractivity contribution in [3.8, 4) is 6.07 Å². The smallest absolute Gasteiger partial charge is 0.161 e. The van der Waals surface area contributed by atoms with Crippen LogP contribution >= 0.6 is 22.6 Å². The predicted molar refractivity (Wildman–Crippen MR) is 55.4 cm³/mol. The van der Waals surface area contributed by atoms with E-state index in [2.05, 4.69) is 28.7 Å². The van der Waals surface area contributed by atoms with Crippen LogP contribution in [0.4, 0.5) is 0 Å². The fourth-order valence-corrected chi connectivity index (χ4v) is 2.64. The first kappa shape index (κ1) is 9.69. The maximum Gasteiger partial charge on any atom is 0.161 e. The Morgan fingerprint density at radius 1 is 1.31 bits per heavy atom. The fraction of sp³-hybridized carbons (Fsp3) is 0.889. The van der Waals surface area contributed by atoms with E-state index in [1.165, 1.54) is 0 Å². The molecule has 2 saturated heterocycles. The Hall–Kier alpha value is 0.140. The van der Waals surface area contributed by atoms with E-state index in [0.29, 0.717) is 18.4 Å². The maximum atomic E-state index is 8.52. The Morgan fingerprint density at radius 3 is 2.62 bits per heavy atom. The number of nitrogens with zero attached hydrogens (tertiary/aromatic N) is 1. The molecule has 0 aromatic heterocycles. The number of rotatable bonds is 2. The highest BCUT2D eigenvalue weighted by molar-refractivity contribution is 14.1. The highest BCUT2D eigenvalue weighted by Gasteiger charge is 2.43. The zero-order valence-corrected chi connectivity index (χ0v) is 9.44. The highest BCUT2D eigenvalue weighted by atomic mass is 127. The Balaban J connectivity index is 1.87. The van der Waals surface area contributed by atoms with Crippen LogP contribution in [0.25, 0.3) is 0 Å². The summed E-state index contributed by atoms with van der Waals surface area (Å²) >= 11 is 2.34. The van der Waals surface area contributed by atoms with Crippen LogP contribution in [0, 0.1) is 17.2 Å². The fourth-order valence-electron chi connectivity index (χ4n) is 2.07. The molecule has 2 heterocycles. The van der Waals surface area contributed by atoms with E-state index < -0.39 is 0 Å². The molecule has 2 aliphatic heterocycles. The lowest BCUT2D eigenvalue weighted by Gasteiger charge is -2.12. The van der Waals surface area contributed by atoms with Crippen LogP contribution in [0.1, 0.15) is 19.3 Å². The van der Waals surface area contributed by atoms with Gasteiger partial charge in [-0.05, 0) is 12.8 Å². The Labute approximate surface area is 91.5 Å². The summed E-state index contributed by atoms with van der Waals surface area (Å²) < 4.78 is 12.3. The van der Waals surface area contributed by atoms with Gasteiger partial charge >= 0.3 is 0 Å². The molecule has 3 nitrogen and oxygen atoms in total. The lowest BCUT2D eigenvalue weighted by Crippen LogP contribution is -2.16. The van der Waals surface area contributed by atoms with Crippen LogP contribution in [0.15, 0.2) is 0 Å². The molecule has 0 saturated carbocycles. The minimum Gasteiger partial charge on any atom is -0.348 e. The Kier molecular flexibility index (Phi) is 3.06. The third-order valence-corrected chi connectivity index (χ3v) is 3.64. The summed E-state index contributed by atoms with van der Waals surface area (Å²) in [5.41, 5.74) is 0. The quantitative estimate of drug-likeness (QED) is 0.576. The molecule has 4 atom stereocenters. The number of ether oxygens (including phenoxy) is 2. The van der Waals surface area contributed by atoms with Crippen molar-refractivity contribution in [1.29, 1.82) is 5.26 Å². The summed E-state index contributed by atoms with van der Waals surface area (Å²) in [5.74, 6) is 0.540. The third-order valence-electron chi connectivity index (χ3n) is 2.66. The molecule has 2 fully saturated rings. The van der Waals surface area contributed by atoms with Crippen molar-refractivity contribution in [2.24, 2.45) is 5.92 Å². The molecule has 2 rings (SSSR count). The minimum absolute atomic E-state index is 0.0156. The Morgan fingerprint density at radius 2 is 2.00 bits per heavy atom. The summed E-state index contributed by atoms with van der Waals surface area (Å²) in [6.07, 6.45) is 3.10. The second-order valence-electron chi connectivity index (χ2n) is 3.63. The van der Waals surface area contributed by atoms with E-state index in [4.69, 9.17) is 14.7 Å². The van der Waals surface area contributed by atoms with Crippen molar-refractivity contribution in [1.82, 2.24) is 0 Å². The van der Waals surface area contributed by atoms with Gasteiger partial charge in [0.15, 0.2) is 6.29 Å². The molecule has 13 heavy (non-hydrogen) atoms. The molecule has 0 amide bonds. The number of fused-ring (bicyclic) bond motifs is 1. The first-order valence-corrected chi connectivity index (χ1v) is 6.10. The lowest BCUT2D eigenvalue weighted by molar-refractivity contribution is -0.132. The summed E-state index contributed by atoms with van der Waals surface area (Å²) in [6.45, 7) is 0. The molecule has 0 spiro atoms. The first-order chi connectivity index (χ1) is 6.33. The van der Waals surface area contributed by atoms with Crippen molar-refractivity contribution in [2.75, 3.05) is 4.43 Å². The number of hydrogen-bond acceptors (Lipinski definition) is 3. The summed E-state index contributed by atoms with van der Waals surface area (Å²) in [4.78, 5) is 0. The van der Waals surface area contributed by atoms with Crippen molar-refractivity contribution < 1.29 is 9.47 Å². The topological polar surface area (TPSA) is 42.2 Å². The summed E-state index contributed by atoms with van der Waals surface area (Å²) in [7, 11) is 0. The second kappa shape index (κ2) is 4.11. The van der Waals surface area contributed by atoms with Crippen molar-refractivity contribution in [3.05, 3.63) is 0 Å². The van der Waals surface area contributed by atoms with Gasteiger partial charge in [0.05, 0.1) is 24.7 Å². The maximum absolute atomic E-state index is 8.52. The van der Waals surface area contributed by atoms with Crippen LogP contribution in [-0.2, 0) is 9.47 Å². The average molecular weight is 293 g/mol. The molecule has 0 radical (unpaired) electrons. The molecule has 4 heteroatoms. The molecule has 0 N–H and O–H groups in total. The summed E-state index contributed by atoms with van der Waals surface area (Å²) in [5, 5.41) is 8.52. The number of halogens is 1. The van der Waals surface area contributed by atoms with Crippen LogP contribution in [0.3, 0.4) is 0 Å². The van der Waals surface area contributed by atoms with Gasteiger partial charge in [0.2, 0.25) is 0 Å². The van der Waals surface area contributed by atoms with E-state index in [1.807, 2.05) is 0 Å². The largest absolute Gasteiger partial charge is 0.348 e. The molecule has 0 bridgehead atoms. The molecular weight excluding hydrogens is 281 g/mol. The summed E-state index contributed by atoms with van der Waals surface area (Å²) in [6, 6.07) is 2.14. The number of alkyl halides is 1. The van der Waals surface area contributed by atoms with Gasteiger partial charge in [-0.25, -0.2) is 0 Å². The molecule has 0 unspecified atom stereocenters. The van der Waals surface area contributed by atoms with Crippen LogP contribution in [0.2, 0.25) is 0 Å². The molecule has 0 aromatic carbocycles. The van der Waals surface area contributed by atoms with Gasteiger partial charge in [-0.15, -0.1) is 0 Å². The zero-order chi connectivity index (χ0) is 9.26. The predicted octanol–water partition coefficient (Wildman–Crippen LogP) is 1.86. The Bertz CT molecular complexity index is 214. The van der Waals surface area contributed by atoms with Gasteiger partial charge in [0, 0.05) is 10.3 Å². The normalized spacial score (nSPS) is 43.1. The first-order valence-electron chi connectivity index (χ1n) is 4.57. The zero-order valence-electron chi connectivity index (χ0n) is 7.28. The molecule has 0 aliphatic carbocycles. The minimum atomic E-state index is -0.0156. The van der Waals surface area contributed by atoms with Gasteiger partial charge in [0.25, 0.3) is 0 Å². The molecule has 72 valence electrons. The van der Waals surface area contributed by atoms with E-state index in [1.54, 1.807) is 0 Å². The van der Waals surface area contributed by atoms with Gasteiger partial charge in [0.1, 0.15) is 0 Å². The van der Waals surface area contributed by atoms with Crippen LogP contribution in [0.5, 0.6) is 0 Å².